The predicted molar refractivity (Wildman–Crippen MR) is 88.7 cm³/mol. The van der Waals surface area contributed by atoms with Gasteiger partial charge in [-0.15, -0.1) is 0 Å². The number of carbonyl (C=O) groups is 2. The number of benzene rings is 1. The lowest BCUT2D eigenvalue weighted by Crippen LogP contribution is -2.34. The summed E-state index contributed by atoms with van der Waals surface area (Å²) in [7, 11) is 2.62. The van der Waals surface area contributed by atoms with Gasteiger partial charge in [0.2, 0.25) is 23.0 Å². The van der Waals surface area contributed by atoms with Crippen LogP contribution in [0.5, 0.6) is 0 Å². The van der Waals surface area contributed by atoms with Gasteiger partial charge < -0.3 is 10.6 Å². The molecule has 0 unspecified atom stereocenters. The average Bonchev–Trinajstić information content (AvgIpc) is 2.51. The molecule has 0 heterocycles. The van der Waals surface area contributed by atoms with Crippen molar-refractivity contribution in [1.29, 1.82) is 0 Å². The summed E-state index contributed by atoms with van der Waals surface area (Å²) in [4.78, 5) is 31.1. The van der Waals surface area contributed by atoms with Crippen LogP contribution in [0.3, 0.4) is 0 Å². The molecule has 1 aromatic rings. The summed E-state index contributed by atoms with van der Waals surface area (Å²) in [5.41, 5.74) is 1.06. The van der Waals surface area contributed by atoms with Gasteiger partial charge in [-0.3, -0.25) is 19.3 Å². The summed E-state index contributed by atoms with van der Waals surface area (Å²) in [6.07, 6.45) is 0.851. The Morgan fingerprint density at radius 1 is 0.955 bits per heavy atom. The van der Waals surface area contributed by atoms with E-state index in [1.54, 1.807) is 24.3 Å². The van der Waals surface area contributed by atoms with E-state index in [1.165, 1.54) is 14.2 Å². The molecule has 0 saturated carbocycles. The molecule has 0 aliphatic rings. The summed E-state index contributed by atoms with van der Waals surface area (Å²) in [5.74, 6) is 0. The van der Waals surface area contributed by atoms with Gasteiger partial charge >= 0.3 is 0 Å². The molecule has 22 heavy (non-hydrogen) atoms. The van der Waals surface area contributed by atoms with Gasteiger partial charge in [-0.2, -0.15) is 10.1 Å². The summed E-state index contributed by atoms with van der Waals surface area (Å²) in [5, 5.41) is 7.41. The van der Waals surface area contributed by atoms with E-state index in [0.29, 0.717) is 24.2 Å². The van der Waals surface area contributed by atoms with E-state index in [0.717, 1.165) is 10.1 Å². The first-order valence-electron chi connectivity index (χ1n) is 5.85. The second-order valence-electron chi connectivity index (χ2n) is 3.63. The molecule has 8 nitrogen and oxygen atoms in total. The van der Waals surface area contributed by atoms with Crippen LogP contribution >= 0.6 is 24.4 Å². The maximum atomic E-state index is 10.8. The number of hydrogen-bond acceptors (Lipinski definition) is 6. The van der Waals surface area contributed by atoms with E-state index >= 15 is 0 Å². The number of hydroxylamine groups is 4. The molecule has 10 heteroatoms. The van der Waals surface area contributed by atoms with Gasteiger partial charge in [-0.05, 0) is 36.6 Å². The smallest absolute Gasteiger partial charge is 0.240 e. The third-order valence-electron chi connectivity index (χ3n) is 2.40. The van der Waals surface area contributed by atoms with E-state index in [2.05, 4.69) is 10.6 Å². The van der Waals surface area contributed by atoms with Gasteiger partial charge in [0, 0.05) is 0 Å². The highest BCUT2D eigenvalue weighted by molar-refractivity contribution is 7.80. The van der Waals surface area contributed by atoms with Crippen molar-refractivity contribution in [3.8, 4) is 0 Å². The van der Waals surface area contributed by atoms with Gasteiger partial charge in [0.15, 0.2) is 0 Å². The van der Waals surface area contributed by atoms with Gasteiger partial charge in [-0.25, -0.2) is 0 Å². The van der Waals surface area contributed by atoms with Crippen LogP contribution in [0.15, 0.2) is 24.3 Å². The molecule has 0 aliphatic heterocycles. The first kappa shape index (κ1) is 17.9. The van der Waals surface area contributed by atoms with Crippen LogP contribution in [0.2, 0.25) is 0 Å². The van der Waals surface area contributed by atoms with Gasteiger partial charge in [0.25, 0.3) is 0 Å². The first-order chi connectivity index (χ1) is 10.6. The Kier molecular flexibility index (Phi) is 7.32. The average molecular weight is 342 g/mol. The summed E-state index contributed by atoms with van der Waals surface area (Å²) in [6, 6.07) is 6.91. The highest BCUT2D eigenvalue weighted by atomic mass is 32.1. The Balaban J connectivity index is 2.90. The molecular weight excluding hydrogens is 328 g/mol. The van der Waals surface area contributed by atoms with Crippen molar-refractivity contribution in [2.75, 3.05) is 24.9 Å². The molecule has 0 radical (unpaired) electrons. The fourth-order valence-corrected chi connectivity index (χ4v) is 1.84. The van der Waals surface area contributed by atoms with Crippen molar-refractivity contribution in [1.82, 2.24) is 10.1 Å². The summed E-state index contributed by atoms with van der Waals surface area (Å²) in [6.45, 7) is 0. The minimum absolute atomic E-state index is 0.0386. The van der Waals surface area contributed by atoms with Crippen LogP contribution in [0.4, 0.5) is 11.4 Å². The molecule has 1 rings (SSSR count). The minimum Gasteiger partial charge on any atom is -0.329 e. The van der Waals surface area contributed by atoms with Crippen LogP contribution < -0.4 is 10.6 Å². The maximum absolute atomic E-state index is 10.8. The molecule has 0 spiro atoms. The highest BCUT2D eigenvalue weighted by Gasteiger charge is 2.13. The standard InChI is InChI=1S/C12H14N4O4S2/c1-19-15(7-17)11(21)13-9-5-3-4-6-10(9)14-12(22)16(8-18)20-2/h3-8H,1-2H3,(H,13,21)(H,14,22). The molecule has 1 aromatic carbocycles. The Morgan fingerprint density at radius 3 is 1.59 bits per heavy atom. The molecule has 0 aromatic heterocycles. The van der Waals surface area contributed by atoms with Gasteiger partial charge in [0.05, 0.1) is 25.6 Å². The fraction of sp³-hybridized carbons (Fsp3) is 0.167. The van der Waals surface area contributed by atoms with E-state index < -0.39 is 0 Å². The minimum atomic E-state index is 0.0386. The summed E-state index contributed by atoms with van der Waals surface area (Å²) < 4.78 is 0. The normalized spacial score (nSPS) is 9.55. The number of hydrogen-bond donors (Lipinski definition) is 2. The molecule has 0 atom stereocenters. The maximum Gasteiger partial charge on any atom is 0.240 e. The number of nitrogens with one attached hydrogen (secondary N) is 2. The third kappa shape index (κ3) is 4.70. The Labute approximate surface area is 137 Å². The van der Waals surface area contributed by atoms with Crippen LogP contribution in [0.25, 0.3) is 0 Å². The quantitative estimate of drug-likeness (QED) is 0.452. The molecule has 0 bridgehead atoms. The van der Waals surface area contributed by atoms with Gasteiger partial charge in [-0.1, -0.05) is 12.1 Å². The van der Waals surface area contributed by atoms with Crippen molar-refractivity contribution < 1.29 is 19.3 Å². The SMILES string of the molecule is CON(C=O)C(=S)Nc1ccccc1NC(=S)N(C=O)OC. The number of anilines is 2. The van der Waals surface area contributed by atoms with Crippen molar-refractivity contribution in [2.45, 2.75) is 0 Å². The highest BCUT2D eigenvalue weighted by Crippen LogP contribution is 2.21. The number of rotatable bonds is 6. The van der Waals surface area contributed by atoms with Gasteiger partial charge in [0.1, 0.15) is 0 Å². The number of amides is 2. The monoisotopic (exact) mass is 342 g/mol. The van der Waals surface area contributed by atoms with E-state index in [-0.39, 0.29) is 10.2 Å². The van der Waals surface area contributed by atoms with Crippen LogP contribution in [-0.4, -0.2) is 47.4 Å². The fourth-order valence-electron chi connectivity index (χ4n) is 1.39. The predicted octanol–water partition coefficient (Wildman–Crippen LogP) is 1.12. The number of para-hydroxylation sites is 2. The second kappa shape index (κ2) is 9.00. The van der Waals surface area contributed by atoms with Crippen molar-refractivity contribution in [2.24, 2.45) is 0 Å². The molecule has 0 saturated heterocycles. The third-order valence-corrected chi connectivity index (χ3v) is 2.96. The first-order valence-corrected chi connectivity index (χ1v) is 6.67. The van der Waals surface area contributed by atoms with E-state index in [9.17, 15) is 9.59 Å². The molecule has 2 N–H and O–H groups in total. The summed E-state index contributed by atoms with van der Waals surface area (Å²) >= 11 is 10.1. The Hall–Kier alpha value is -2.14. The number of thiocarbonyl (C=S) groups is 2. The van der Waals surface area contributed by atoms with Crippen molar-refractivity contribution >= 4 is 58.9 Å². The zero-order chi connectivity index (χ0) is 16.5. The lowest BCUT2D eigenvalue weighted by atomic mass is 10.2. The van der Waals surface area contributed by atoms with Crippen molar-refractivity contribution in [3.05, 3.63) is 24.3 Å². The molecular formula is C12H14N4O4S2. The van der Waals surface area contributed by atoms with Crippen LogP contribution in [0.1, 0.15) is 0 Å². The van der Waals surface area contributed by atoms with Crippen LogP contribution in [0, 0.1) is 0 Å². The Bertz CT molecular complexity index is 521. The largest absolute Gasteiger partial charge is 0.329 e. The van der Waals surface area contributed by atoms with E-state index in [4.69, 9.17) is 34.1 Å². The van der Waals surface area contributed by atoms with E-state index in [1.807, 2.05) is 0 Å². The lowest BCUT2D eigenvalue weighted by molar-refractivity contribution is -0.141. The molecule has 0 fully saturated rings. The van der Waals surface area contributed by atoms with Crippen LogP contribution in [-0.2, 0) is 19.3 Å². The molecule has 118 valence electrons. The van der Waals surface area contributed by atoms with Crippen molar-refractivity contribution in [3.63, 3.8) is 0 Å². The number of carbonyl (C=O) groups excluding carboxylic acids is 2. The second-order valence-corrected chi connectivity index (χ2v) is 4.41. The topological polar surface area (TPSA) is 83.1 Å². The Morgan fingerprint density at radius 2 is 1.32 bits per heavy atom. The molecule has 2 amide bonds. The molecule has 0 aliphatic carbocycles. The zero-order valence-corrected chi connectivity index (χ0v) is 13.4. The zero-order valence-electron chi connectivity index (χ0n) is 11.8. The lowest BCUT2D eigenvalue weighted by Gasteiger charge is -2.20. The number of nitrogens with zero attached hydrogens (tertiary/aromatic N) is 2.